The van der Waals surface area contributed by atoms with E-state index in [0.717, 1.165) is 4.47 Å². The van der Waals surface area contributed by atoms with Gasteiger partial charge in [-0.15, -0.1) is 0 Å². The first-order chi connectivity index (χ1) is 18.4. The third-order valence-electron chi connectivity index (χ3n) is 5.64. The molecule has 0 unspecified atom stereocenters. The summed E-state index contributed by atoms with van der Waals surface area (Å²) < 4.78 is 12.0. The highest BCUT2D eigenvalue weighted by Gasteiger charge is 2.39. The second-order valence-electron chi connectivity index (χ2n) is 8.18. The van der Waals surface area contributed by atoms with Crippen molar-refractivity contribution >= 4 is 34.0 Å². The molecule has 0 aliphatic heterocycles. The monoisotopic (exact) mass is 572 g/mol. The number of halogens is 1. The number of aliphatic hydroxyl groups is 1. The van der Waals surface area contributed by atoms with Gasteiger partial charge >= 0.3 is 5.97 Å². The number of nitrogens with zero attached hydrogens (tertiary/aromatic N) is 1. The molecule has 0 aromatic heterocycles. The number of ether oxygens (including phenoxy) is 2. The minimum Gasteiger partial charge on any atom is -0.490 e. The summed E-state index contributed by atoms with van der Waals surface area (Å²) >= 11 is 3.34. The zero-order valence-electron chi connectivity index (χ0n) is 20.5. The summed E-state index contributed by atoms with van der Waals surface area (Å²) in [5, 5.41) is 15.6. The van der Waals surface area contributed by atoms with Crippen LogP contribution >= 0.6 is 15.9 Å². The van der Waals surface area contributed by atoms with Crippen LogP contribution in [-0.4, -0.2) is 29.8 Å². The molecule has 0 fully saturated rings. The Bertz CT molecular complexity index is 1380. The maximum Gasteiger partial charge on any atom is 0.343 e. The van der Waals surface area contributed by atoms with Gasteiger partial charge < -0.3 is 14.6 Å². The Morgan fingerprint density at radius 3 is 2.08 bits per heavy atom. The molecule has 0 saturated heterocycles. The van der Waals surface area contributed by atoms with Gasteiger partial charge in [-0.3, -0.25) is 4.79 Å². The van der Waals surface area contributed by atoms with Gasteiger partial charge in [-0.25, -0.2) is 10.2 Å². The van der Waals surface area contributed by atoms with E-state index in [1.165, 1.54) is 6.21 Å². The number of carbonyl (C=O) groups is 2. The number of amides is 1. The predicted molar refractivity (Wildman–Crippen MR) is 148 cm³/mol. The lowest BCUT2D eigenvalue weighted by molar-refractivity contribution is -0.136. The molecule has 0 heterocycles. The van der Waals surface area contributed by atoms with E-state index in [4.69, 9.17) is 9.47 Å². The van der Waals surface area contributed by atoms with Gasteiger partial charge in [0, 0.05) is 4.47 Å². The average Bonchev–Trinajstić information content (AvgIpc) is 2.95. The molecule has 2 N–H and O–H groups in total. The normalized spacial score (nSPS) is 11.2. The molecule has 38 heavy (non-hydrogen) atoms. The number of rotatable bonds is 9. The Balaban J connectivity index is 1.52. The van der Waals surface area contributed by atoms with Gasteiger partial charge in [-0.2, -0.15) is 5.10 Å². The van der Waals surface area contributed by atoms with Crippen molar-refractivity contribution in [2.24, 2.45) is 5.10 Å². The number of hydrogen-bond acceptors (Lipinski definition) is 6. The van der Waals surface area contributed by atoms with Gasteiger partial charge in [0.05, 0.1) is 18.4 Å². The highest BCUT2D eigenvalue weighted by atomic mass is 79.9. The van der Waals surface area contributed by atoms with E-state index >= 15 is 0 Å². The molecule has 0 aliphatic rings. The Morgan fingerprint density at radius 2 is 1.50 bits per heavy atom. The molecule has 0 spiro atoms. The zero-order valence-corrected chi connectivity index (χ0v) is 22.1. The van der Waals surface area contributed by atoms with Gasteiger partial charge in [-0.1, -0.05) is 76.6 Å². The van der Waals surface area contributed by atoms with Crippen LogP contribution in [0.4, 0.5) is 0 Å². The SMILES string of the molecule is CCOc1cc(/C=N/NC(=O)C(O)(c2ccccc2)c2ccccc2)ccc1OC(=O)c1ccc(Br)cc1. The van der Waals surface area contributed by atoms with E-state index in [0.29, 0.717) is 34.6 Å². The minimum absolute atomic E-state index is 0.253. The fourth-order valence-electron chi connectivity index (χ4n) is 3.74. The Labute approximate surface area is 228 Å². The van der Waals surface area contributed by atoms with Crippen LogP contribution in [0.25, 0.3) is 0 Å². The van der Waals surface area contributed by atoms with Crippen LogP contribution in [-0.2, 0) is 10.4 Å². The molecule has 0 aliphatic carbocycles. The highest BCUT2D eigenvalue weighted by Crippen LogP contribution is 2.31. The third kappa shape index (κ3) is 6.16. The van der Waals surface area contributed by atoms with Crippen molar-refractivity contribution in [1.82, 2.24) is 5.43 Å². The van der Waals surface area contributed by atoms with Crippen molar-refractivity contribution in [1.29, 1.82) is 0 Å². The van der Waals surface area contributed by atoms with Crippen molar-refractivity contribution in [2.45, 2.75) is 12.5 Å². The van der Waals surface area contributed by atoms with Gasteiger partial charge in [-0.05, 0) is 66.1 Å². The van der Waals surface area contributed by atoms with Gasteiger partial charge in [0.1, 0.15) is 0 Å². The number of carbonyl (C=O) groups excluding carboxylic acids is 2. The van der Waals surface area contributed by atoms with Crippen molar-refractivity contribution in [3.8, 4) is 11.5 Å². The van der Waals surface area contributed by atoms with Crippen LogP contribution in [0.15, 0.2) is 113 Å². The van der Waals surface area contributed by atoms with Gasteiger partial charge in [0.15, 0.2) is 17.1 Å². The summed E-state index contributed by atoms with van der Waals surface area (Å²) in [6.45, 7) is 2.16. The Kier molecular flexibility index (Phi) is 8.68. The van der Waals surface area contributed by atoms with Crippen molar-refractivity contribution in [3.63, 3.8) is 0 Å². The summed E-state index contributed by atoms with van der Waals surface area (Å²) in [5.41, 5.74) is 2.30. The summed E-state index contributed by atoms with van der Waals surface area (Å²) in [4.78, 5) is 25.7. The van der Waals surface area contributed by atoms with E-state index in [1.54, 1.807) is 103 Å². The topological polar surface area (TPSA) is 97.2 Å². The first kappa shape index (κ1) is 26.8. The standard InChI is InChI=1S/C30H25BrN2O5/c1-2-37-27-19-21(13-18-26(27)38-28(34)22-14-16-25(31)17-15-22)20-32-33-29(35)30(36,23-9-5-3-6-10-23)24-11-7-4-8-12-24/h3-20,36H,2H2,1H3,(H,33,35)/b32-20+. The van der Waals surface area contributed by atoms with Crippen LogP contribution in [0, 0.1) is 0 Å². The molecule has 0 bridgehead atoms. The summed E-state index contributed by atoms with van der Waals surface area (Å²) in [6.07, 6.45) is 1.41. The molecule has 1 amide bonds. The quantitative estimate of drug-likeness (QED) is 0.120. The molecule has 7 nitrogen and oxygen atoms in total. The van der Waals surface area contributed by atoms with Crippen molar-refractivity contribution < 1.29 is 24.2 Å². The number of hydrazone groups is 1. The second-order valence-corrected chi connectivity index (χ2v) is 9.09. The van der Waals surface area contributed by atoms with Crippen LogP contribution in [0.1, 0.15) is 34.0 Å². The third-order valence-corrected chi connectivity index (χ3v) is 6.17. The smallest absolute Gasteiger partial charge is 0.343 e. The lowest BCUT2D eigenvalue weighted by atomic mass is 9.85. The van der Waals surface area contributed by atoms with E-state index in [-0.39, 0.29) is 5.75 Å². The van der Waals surface area contributed by atoms with Gasteiger partial charge in [0.2, 0.25) is 0 Å². The maximum atomic E-state index is 13.2. The van der Waals surface area contributed by atoms with Crippen LogP contribution in [0.2, 0.25) is 0 Å². The average molecular weight is 573 g/mol. The fraction of sp³-hybridized carbons (Fsp3) is 0.100. The van der Waals surface area contributed by atoms with Crippen molar-refractivity contribution in [3.05, 3.63) is 130 Å². The number of benzene rings is 4. The lowest BCUT2D eigenvalue weighted by Gasteiger charge is -2.27. The largest absolute Gasteiger partial charge is 0.490 e. The van der Waals surface area contributed by atoms with E-state index < -0.39 is 17.5 Å². The highest BCUT2D eigenvalue weighted by molar-refractivity contribution is 9.10. The molecule has 4 aromatic carbocycles. The fourth-order valence-corrected chi connectivity index (χ4v) is 4.00. The summed E-state index contributed by atoms with van der Waals surface area (Å²) in [5.74, 6) is -0.633. The Hall–Kier alpha value is -4.27. The molecule has 8 heteroatoms. The summed E-state index contributed by atoms with van der Waals surface area (Å²) in [6, 6.07) is 29.1. The van der Waals surface area contributed by atoms with E-state index in [1.807, 2.05) is 6.92 Å². The molecular formula is C30H25BrN2O5. The van der Waals surface area contributed by atoms with Crippen LogP contribution < -0.4 is 14.9 Å². The minimum atomic E-state index is -1.94. The molecule has 4 aromatic rings. The maximum absolute atomic E-state index is 13.2. The van der Waals surface area contributed by atoms with Crippen LogP contribution in [0.3, 0.4) is 0 Å². The van der Waals surface area contributed by atoms with Gasteiger partial charge in [0.25, 0.3) is 5.91 Å². The zero-order chi connectivity index (χ0) is 27.0. The Morgan fingerprint density at radius 1 is 0.895 bits per heavy atom. The first-order valence-corrected chi connectivity index (χ1v) is 12.6. The molecule has 192 valence electrons. The molecular weight excluding hydrogens is 548 g/mol. The predicted octanol–water partition coefficient (Wildman–Crippen LogP) is 5.45. The molecule has 0 radical (unpaired) electrons. The molecule has 4 rings (SSSR count). The summed E-state index contributed by atoms with van der Waals surface area (Å²) in [7, 11) is 0. The van der Waals surface area contributed by atoms with E-state index in [2.05, 4.69) is 26.5 Å². The molecule has 0 atom stereocenters. The number of nitrogens with one attached hydrogen (secondary N) is 1. The number of hydrogen-bond donors (Lipinski definition) is 2. The first-order valence-electron chi connectivity index (χ1n) is 11.8. The van der Waals surface area contributed by atoms with Crippen LogP contribution in [0.5, 0.6) is 11.5 Å². The van der Waals surface area contributed by atoms with E-state index in [9.17, 15) is 14.7 Å². The second kappa shape index (κ2) is 12.3. The lowest BCUT2D eigenvalue weighted by Crippen LogP contribution is -2.43. The molecule has 0 saturated carbocycles. The number of esters is 1. The van der Waals surface area contributed by atoms with Crippen molar-refractivity contribution in [2.75, 3.05) is 6.61 Å².